The number of aryl methyl sites for hydroxylation is 2. The van der Waals surface area contributed by atoms with Crippen LogP contribution in [0.5, 0.6) is 0 Å². The maximum atomic E-state index is 12.8. The normalized spacial score (nSPS) is 17.1. The summed E-state index contributed by atoms with van der Waals surface area (Å²) < 4.78 is 28.3. The predicted octanol–water partition coefficient (Wildman–Crippen LogP) is 2.62. The molecule has 1 aromatic rings. The molecule has 1 amide bonds. The third-order valence-corrected chi connectivity index (χ3v) is 6.10. The van der Waals surface area contributed by atoms with Crippen molar-refractivity contribution in [1.29, 1.82) is 0 Å². The summed E-state index contributed by atoms with van der Waals surface area (Å²) in [4.78, 5) is 14.8. The Hall–Kier alpha value is -1.40. The highest BCUT2D eigenvalue weighted by atomic mass is 32.2. The van der Waals surface area contributed by atoms with Crippen molar-refractivity contribution in [3.8, 4) is 0 Å². The first-order valence-electron chi connectivity index (χ1n) is 8.61. The third-order valence-electron chi connectivity index (χ3n) is 4.52. The molecule has 1 aliphatic heterocycles. The van der Waals surface area contributed by atoms with E-state index < -0.39 is 16.1 Å². The smallest absolute Gasteiger partial charge is 0.241 e. The maximum Gasteiger partial charge on any atom is 0.241 e. The van der Waals surface area contributed by atoms with Crippen LogP contribution in [0.1, 0.15) is 44.2 Å². The van der Waals surface area contributed by atoms with Gasteiger partial charge in [-0.15, -0.1) is 0 Å². The van der Waals surface area contributed by atoms with Crippen LogP contribution >= 0.6 is 0 Å². The van der Waals surface area contributed by atoms with Crippen LogP contribution in [0.15, 0.2) is 23.1 Å². The molecule has 0 spiro atoms. The summed E-state index contributed by atoms with van der Waals surface area (Å²) in [6.07, 6.45) is 3.10. The number of hydrogen-bond acceptors (Lipinski definition) is 3. The lowest BCUT2D eigenvalue weighted by Gasteiger charge is -2.32. The van der Waals surface area contributed by atoms with Crippen molar-refractivity contribution in [1.82, 2.24) is 9.62 Å². The van der Waals surface area contributed by atoms with Crippen LogP contribution in [-0.2, 0) is 14.8 Å². The molecule has 5 nitrogen and oxygen atoms in total. The second-order valence-electron chi connectivity index (χ2n) is 7.00. The molecule has 0 unspecified atom stereocenters. The molecule has 1 heterocycles. The Morgan fingerprint density at radius 1 is 1.12 bits per heavy atom. The van der Waals surface area contributed by atoms with Gasteiger partial charge in [0, 0.05) is 13.1 Å². The van der Waals surface area contributed by atoms with Crippen LogP contribution in [0.3, 0.4) is 0 Å². The number of nitrogens with zero attached hydrogens (tertiary/aromatic N) is 1. The Labute approximate surface area is 145 Å². The molecule has 0 aliphatic carbocycles. The van der Waals surface area contributed by atoms with Gasteiger partial charge in [-0.2, -0.15) is 4.72 Å². The molecule has 1 fully saturated rings. The highest BCUT2D eigenvalue weighted by molar-refractivity contribution is 7.89. The zero-order chi connectivity index (χ0) is 17.9. The minimum atomic E-state index is -3.74. The first-order valence-corrected chi connectivity index (χ1v) is 10.1. The first-order chi connectivity index (χ1) is 11.2. The molecular weight excluding hydrogens is 324 g/mol. The van der Waals surface area contributed by atoms with Gasteiger partial charge in [0.15, 0.2) is 0 Å². The summed E-state index contributed by atoms with van der Waals surface area (Å²) in [6.45, 7) is 8.80. The lowest BCUT2D eigenvalue weighted by atomic mass is 10.0. The Morgan fingerprint density at radius 2 is 1.75 bits per heavy atom. The van der Waals surface area contributed by atoms with E-state index in [2.05, 4.69) is 4.72 Å². The maximum absolute atomic E-state index is 12.8. The number of sulfonamides is 1. The van der Waals surface area contributed by atoms with Crippen molar-refractivity contribution in [2.24, 2.45) is 5.92 Å². The second-order valence-corrected chi connectivity index (χ2v) is 8.68. The fraction of sp³-hybridized carbons (Fsp3) is 0.611. The number of carbonyl (C=O) groups is 1. The molecule has 1 saturated heterocycles. The van der Waals surface area contributed by atoms with Gasteiger partial charge in [0.2, 0.25) is 15.9 Å². The van der Waals surface area contributed by atoms with Crippen molar-refractivity contribution >= 4 is 15.9 Å². The lowest BCUT2D eigenvalue weighted by Crippen LogP contribution is -2.52. The Kier molecular flexibility index (Phi) is 6.04. The number of likely N-dealkylation sites (tertiary alicyclic amines) is 1. The second kappa shape index (κ2) is 7.66. The fourth-order valence-corrected chi connectivity index (χ4v) is 4.68. The SMILES string of the molecule is Cc1ccc(C)c(S(=O)(=O)N[C@H](C(=O)N2CCCCC2)C(C)C)c1. The number of rotatable bonds is 5. The summed E-state index contributed by atoms with van der Waals surface area (Å²) in [6, 6.07) is 4.60. The standard InChI is InChI=1S/C18H28N2O3S/c1-13(2)17(18(21)20-10-6-5-7-11-20)19-24(22,23)16-12-14(3)8-9-15(16)4/h8-9,12-13,17,19H,5-7,10-11H2,1-4H3/t17-/m0/s1. The lowest BCUT2D eigenvalue weighted by molar-refractivity contribution is -0.134. The molecule has 0 aromatic heterocycles. The van der Waals surface area contributed by atoms with Gasteiger partial charge in [-0.25, -0.2) is 8.42 Å². The van der Waals surface area contributed by atoms with E-state index >= 15 is 0 Å². The Morgan fingerprint density at radius 3 is 2.33 bits per heavy atom. The van der Waals surface area contributed by atoms with E-state index in [1.165, 1.54) is 0 Å². The van der Waals surface area contributed by atoms with Gasteiger partial charge in [0.1, 0.15) is 6.04 Å². The number of benzene rings is 1. The van der Waals surface area contributed by atoms with Gasteiger partial charge < -0.3 is 4.90 Å². The van der Waals surface area contributed by atoms with Crippen LogP contribution in [0, 0.1) is 19.8 Å². The minimum absolute atomic E-state index is 0.112. The van der Waals surface area contributed by atoms with Crippen molar-refractivity contribution in [2.75, 3.05) is 13.1 Å². The van der Waals surface area contributed by atoms with Crippen molar-refractivity contribution in [3.05, 3.63) is 29.3 Å². The highest BCUT2D eigenvalue weighted by Crippen LogP contribution is 2.20. The molecule has 24 heavy (non-hydrogen) atoms. The molecule has 0 saturated carbocycles. The zero-order valence-corrected chi connectivity index (χ0v) is 15.8. The average molecular weight is 353 g/mol. The number of carbonyl (C=O) groups excluding carboxylic acids is 1. The Bertz CT molecular complexity index is 692. The quantitative estimate of drug-likeness (QED) is 0.886. The Balaban J connectivity index is 2.26. The number of nitrogens with one attached hydrogen (secondary N) is 1. The largest absolute Gasteiger partial charge is 0.341 e. The summed E-state index contributed by atoms with van der Waals surface area (Å²) in [7, 11) is -3.74. The van der Waals surface area contributed by atoms with E-state index in [0.29, 0.717) is 18.7 Å². The van der Waals surface area contributed by atoms with E-state index in [1.54, 1.807) is 24.0 Å². The number of amides is 1. The number of piperidine rings is 1. The first kappa shape index (κ1) is 18.9. The van der Waals surface area contributed by atoms with Crippen LogP contribution < -0.4 is 4.72 Å². The van der Waals surface area contributed by atoms with Gasteiger partial charge in [-0.3, -0.25) is 4.79 Å². The van der Waals surface area contributed by atoms with E-state index in [1.807, 2.05) is 26.8 Å². The molecule has 0 radical (unpaired) electrons. The minimum Gasteiger partial charge on any atom is -0.341 e. The molecule has 2 rings (SSSR count). The molecule has 1 aliphatic rings. The van der Waals surface area contributed by atoms with Gasteiger partial charge in [-0.05, 0) is 56.2 Å². The summed E-state index contributed by atoms with van der Waals surface area (Å²) in [5, 5.41) is 0. The fourth-order valence-electron chi connectivity index (χ4n) is 3.01. The molecule has 1 N–H and O–H groups in total. The van der Waals surface area contributed by atoms with Gasteiger partial charge >= 0.3 is 0 Å². The van der Waals surface area contributed by atoms with Gasteiger partial charge in [0.25, 0.3) is 0 Å². The molecule has 134 valence electrons. The van der Waals surface area contributed by atoms with Crippen LogP contribution in [0.25, 0.3) is 0 Å². The van der Waals surface area contributed by atoms with Crippen LogP contribution in [-0.4, -0.2) is 38.4 Å². The van der Waals surface area contributed by atoms with Crippen molar-refractivity contribution < 1.29 is 13.2 Å². The van der Waals surface area contributed by atoms with Crippen molar-refractivity contribution in [2.45, 2.75) is 57.9 Å². The molecule has 1 atom stereocenters. The molecule has 1 aromatic carbocycles. The monoisotopic (exact) mass is 352 g/mol. The summed E-state index contributed by atoms with van der Waals surface area (Å²) >= 11 is 0. The molecule has 0 bridgehead atoms. The van der Waals surface area contributed by atoms with Gasteiger partial charge in [0.05, 0.1) is 4.90 Å². The van der Waals surface area contributed by atoms with E-state index in [9.17, 15) is 13.2 Å². The predicted molar refractivity (Wildman–Crippen MR) is 95.3 cm³/mol. The number of hydrogen-bond donors (Lipinski definition) is 1. The van der Waals surface area contributed by atoms with Crippen LogP contribution in [0.4, 0.5) is 0 Å². The highest BCUT2D eigenvalue weighted by Gasteiger charge is 2.32. The van der Waals surface area contributed by atoms with Crippen molar-refractivity contribution in [3.63, 3.8) is 0 Å². The molecule has 6 heteroatoms. The van der Waals surface area contributed by atoms with Crippen LogP contribution in [0.2, 0.25) is 0 Å². The summed E-state index contributed by atoms with van der Waals surface area (Å²) in [5.74, 6) is -0.224. The van der Waals surface area contributed by atoms with Gasteiger partial charge in [-0.1, -0.05) is 26.0 Å². The average Bonchev–Trinajstić information content (AvgIpc) is 2.54. The summed E-state index contributed by atoms with van der Waals surface area (Å²) in [5.41, 5.74) is 1.56. The topological polar surface area (TPSA) is 66.5 Å². The van der Waals surface area contributed by atoms with E-state index in [0.717, 1.165) is 24.8 Å². The van der Waals surface area contributed by atoms with E-state index in [4.69, 9.17) is 0 Å². The molecular formula is C18H28N2O3S. The van der Waals surface area contributed by atoms with E-state index in [-0.39, 0.29) is 16.7 Å². The third kappa shape index (κ3) is 4.36. The zero-order valence-electron chi connectivity index (χ0n) is 15.0.